The number of anilines is 1. The zero-order chi connectivity index (χ0) is 13.8. The highest BCUT2D eigenvalue weighted by Crippen LogP contribution is 2.26. The Morgan fingerprint density at radius 3 is 2.63 bits per heavy atom. The summed E-state index contributed by atoms with van der Waals surface area (Å²) in [4.78, 5) is 8.83. The van der Waals surface area contributed by atoms with Crippen molar-refractivity contribution in [2.75, 3.05) is 12.8 Å². The van der Waals surface area contributed by atoms with Gasteiger partial charge < -0.3 is 10.5 Å². The number of hydrogen-bond acceptors (Lipinski definition) is 4. The Labute approximate surface area is 113 Å². The second-order valence-electron chi connectivity index (χ2n) is 4.53. The monoisotopic (exact) mass is 257 g/mol. The lowest BCUT2D eigenvalue weighted by atomic mass is 10.0. The minimum Gasteiger partial charge on any atom is -0.497 e. The van der Waals surface area contributed by atoms with E-state index in [1.165, 1.54) is 0 Å². The molecule has 0 saturated carbocycles. The summed E-state index contributed by atoms with van der Waals surface area (Å²) in [5.74, 6) is 2.16. The molecule has 4 heteroatoms. The highest BCUT2D eigenvalue weighted by atomic mass is 16.5. The van der Waals surface area contributed by atoms with Gasteiger partial charge in [-0.2, -0.15) is 0 Å². The number of methoxy groups -OCH3 is 1. The summed E-state index contributed by atoms with van der Waals surface area (Å²) in [6, 6.07) is 7.74. The van der Waals surface area contributed by atoms with Crippen molar-refractivity contribution < 1.29 is 4.74 Å². The first-order valence-electron chi connectivity index (χ1n) is 6.42. The molecule has 19 heavy (non-hydrogen) atoms. The molecule has 0 atom stereocenters. The number of aryl methyl sites for hydroxylation is 2. The highest BCUT2D eigenvalue weighted by Gasteiger charge is 2.08. The highest BCUT2D eigenvalue weighted by molar-refractivity contribution is 5.66. The topological polar surface area (TPSA) is 61.0 Å². The van der Waals surface area contributed by atoms with E-state index in [1.54, 1.807) is 7.11 Å². The van der Waals surface area contributed by atoms with E-state index in [4.69, 9.17) is 10.5 Å². The molecule has 0 aliphatic rings. The molecule has 0 fully saturated rings. The first-order valence-corrected chi connectivity index (χ1v) is 6.42. The van der Waals surface area contributed by atoms with Gasteiger partial charge in [0.1, 0.15) is 17.4 Å². The SMILES string of the molecule is CCCc1nc(N)cc(-c2ccc(OC)cc2C)n1. The molecule has 0 amide bonds. The molecule has 0 saturated heterocycles. The average molecular weight is 257 g/mol. The third kappa shape index (κ3) is 3.02. The van der Waals surface area contributed by atoms with Gasteiger partial charge in [-0.15, -0.1) is 0 Å². The summed E-state index contributed by atoms with van der Waals surface area (Å²) in [5.41, 5.74) is 8.90. The maximum absolute atomic E-state index is 5.86. The van der Waals surface area contributed by atoms with Crippen LogP contribution in [0.5, 0.6) is 5.75 Å². The minimum absolute atomic E-state index is 0.517. The fourth-order valence-corrected chi connectivity index (χ4v) is 2.04. The molecule has 0 bridgehead atoms. The molecular formula is C15H19N3O. The molecule has 2 aromatic rings. The van der Waals surface area contributed by atoms with E-state index in [0.717, 1.165) is 41.2 Å². The van der Waals surface area contributed by atoms with Gasteiger partial charge in [0.25, 0.3) is 0 Å². The largest absolute Gasteiger partial charge is 0.497 e. The normalized spacial score (nSPS) is 10.5. The van der Waals surface area contributed by atoms with E-state index in [0.29, 0.717) is 5.82 Å². The Balaban J connectivity index is 2.46. The molecule has 1 aromatic heterocycles. The van der Waals surface area contributed by atoms with Crippen LogP contribution in [-0.4, -0.2) is 17.1 Å². The summed E-state index contributed by atoms with van der Waals surface area (Å²) in [6.07, 6.45) is 1.84. The molecule has 100 valence electrons. The minimum atomic E-state index is 0.517. The third-order valence-corrected chi connectivity index (χ3v) is 2.98. The van der Waals surface area contributed by atoms with Gasteiger partial charge in [-0.05, 0) is 37.1 Å². The number of aromatic nitrogens is 2. The van der Waals surface area contributed by atoms with Crippen LogP contribution in [0.15, 0.2) is 24.3 Å². The number of hydrogen-bond donors (Lipinski definition) is 1. The summed E-state index contributed by atoms with van der Waals surface area (Å²) in [7, 11) is 1.66. The Morgan fingerprint density at radius 1 is 1.21 bits per heavy atom. The van der Waals surface area contributed by atoms with Crippen LogP contribution < -0.4 is 10.5 Å². The quantitative estimate of drug-likeness (QED) is 0.914. The van der Waals surface area contributed by atoms with Crippen molar-refractivity contribution in [2.45, 2.75) is 26.7 Å². The van der Waals surface area contributed by atoms with Gasteiger partial charge in [-0.25, -0.2) is 9.97 Å². The van der Waals surface area contributed by atoms with Crippen LogP contribution in [0.1, 0.15) is 24.7 Å². The van der Waals surface area contributed by atoms with Gasteiger partial charge in [0, 0.05) is 18.1 Å². The zero-order valence-corrected chi connectivity index (χ0v) is 11.6. The third-order valence-electron chi connectivity index (χ3n) is 2.98. The maximum atomic E-state index is 5.86. The number of nitrogens with zero attached hydrogens (tertiary/aromatic N) is 2. The zero-order valence-electron chi connectivity index (χ0n) is 11.6. The smallest absolute Gasteiger partial charge is 0.131 e. The van der Waals surface area contributed by atoms with E-state index in [2.05, 4.69) is 16.9 Å². The predicted octanol–water partition coefficient (Wildman–Crippen LogP) is 3.00. The molecule has 0 aliphatic heterocycles. The van der Waals surface area contributed by atoms with Gasteiger partial charge in [-0.3, -0.25) is 0 Å². The van der Waals surface area contributed by atoms with Crippen LogP contribution in [-0.2, 0) is 6.42 Å². The predicted molar refractivity (Wildman–Crippen MR) is 77.2 cm³/mol. The second kappa shape index (κ2) is 5.69. The van der Waals surface area contributed by atoms with Crippen LogP contribution in [0.3, 0.4) is 0 Å². The van der Waals surface area contributed by atoms with E-state index >= 15 is 0 Å². The van der Waals surface area contributed by atoms with E-state index in [-0.39, 0.29) is 0 Å². The van der Waals surface area contributed by atoms with Crippen molar-refractivity contribution in [3.8, 4) is 17.0 Å². The average Bonchev–Trinajstić information content (AvgIpc) is 2.38. The van der Waals surface area contributed by atoms with E-state index in [1.807, 2.05) is 31.2 Å². The number of benzene rings is 1. The maximum Gasteiger partial charge on any atom is 0.131 e. The van der Waals surface area contributed by atoms with Crippen LogP contribution in [0, 0.1) is 6.92 Å². The van der Waals surface area contributed by atoms with E-state index in [9.17, 15) is 0 Å². The van der Waals surface area contributed by atoms with Crippen molar-refractivity contribution in [2.24, 2.45) is 0 Å². The van der Waals surface area contributed by atoms with Crippen molar-refractivity contribution in [3.05, 3.63) is 35.7 Å². The van der Waals surface area contributed by atoms with Gasteiger partial charge >= 0.3 is 0 Å². The first-order chi connectivity index (χ1) is 9.13. The molecule has 2 N–H and O–H groups in total. The van der Waals surface area contributed by atoms with Crippen molar-refractivity contribution in [1.29, 1.82) is 0 Å². The fourth-order valence-electron chi connectivity index (χ4n) is 2.04. The fraction of sp³-hybridized carbons (Fsp3) is 0.333. The van der Waals surface area contributed by atoms with Gasteiger partial charge in [0.2, 0.25) is 0 Å². The summed E-state index contributed by atoms with van der Waals surface area (Å²) in [5, 5.41) is 0. The standard InChI is InChI=1S/C15H19N3O/c1-4-5-15-17-13(9-14(16)18-15)12-7-6-11(19-3)8-10(12)2/h6-9H,4-5H2,1-3H3,(H2,16,17,18). The molecule has 2 rings (SSSR count). The van der Waals surface area contributed by atoms with Gasteiger partial charge in [0.05, 0.1) is 12.8 Å². The molecule has 4 nitrogen and oxygen atoms in total. The van der Waals surface area contributed by atoms with Crippen molar-refractivity contribution >= 4 is 5.82 Å². The Morgan fingerprint density at radius 2 is 2.00 bits per heavy atom. The van der Waals surface area contributed by atoms with Crippen molar-refractivity contribution in [3.63, 3.8) is 0 Å². The number of nitrogen functional groups attached to an aromatic ring is 1. The molecule has 0 aliphatic carbocycles. The number of ether oxygens (including phenoxy) is 1. The van der Waals surface area contributed by atoms with Gasteiger partial charge in [-0.1, -0.05) is 6.92 Å². The molecular weight excluding hydrogens is 238 g/mol. The van der Waals surface area contributed by atoms with Crippen LogP contribution in [0.2, 0.25) is 0 Å². The lowest BCUT2D eigenvalue weighted by Crippen LogP contribution is -2.01. The Hall–Kier alpha value is -2.10. The lowest BCUT2D eigenvalue weighted by Gasteiger charge is -2.09. The first kappa shape index (κ1) is 13.3. The van der Waals surface area contributed by atoms with Crippen LogP contribution >= 0.6 is 0 Å². The van der Waals surface area contributed by atoms with Crippen LogP contribution in [0.25, 0.3) is 11.3 Å². The molecule has 0 spiro atoms. The number of rotatable bonds is 4. The second-order valence-corrected chi connectivity index (χ2v) is 4.53. The molecule has 0 radical (unpaired) electrons. The molecule has 1 heterocycles. The van der Waals surface area contributed by atoms with Crippen molar-refractivity contribution in [1.82, 2.24) is 9.97 Å². The Bertz CT molecular complexity index is 582. The summed E-state index contributed by atoms with van der Waals surface area (Å²) < 4.78 is 5.21. The van der Waals surface area contributed by atoms with Crippen LogP contribution in [0.4, 0.5) is 5.82 Å². The summed E-state index contributed by atoms with van der Waals surface area (Å²) >= 11 is 0. The van der Waals surface area contributed by atoms with E-state index < -0.39 is 0 Å². The van der Waals surface area contributed by atoms with Gasteiger partial charge in [0.15, 0.2) is 0 Å². The molecule has 0 unspecified atom stereocenters. The number of nitrogens with two attached hydrogens (primary N) is 1. The molecule has 1 aromatic carbocycles. The summed E-state index contributed by atoms with van der Waals surface area (Å²) in [6.45, 7) is 4.14. The Kier molecular flexibility index (Phi) is 4.00. The lowest BCUT2D eigenvalue weighted by molar-refractivity contribution is 0.414.